The first kappa shape index (κ1) is 20.6. The van der Waals surface area contributed by atoms with Gasteiger partial charge in [-0.2, -0.15) is 0 Å². The van der Waals surface area contributed by atoms with E-state index < -0.39 is 6.04 Å². The highest BCUT2D eigenvalue weighted by atomic mass is 35.5. The third-order valence-electron chi connectivity index (χ3n) is 5.67. The molecule has 1 aliphatic carbocycles. The third kappa shape index (κ3) is 4.66. The number of imidazole rings is 1. The largest absolute Gasteiger partial charge is 0.352 e. The Morgan fingerprint density at radius 1 is 1.25 bits per heavy atom. The summed E-state index contributed by atoms with van der Waals surface area (Å²) in [6, 6.07) is 5.09. The Morgan fingerprint density at radius 2 is 2.00 bits per heavy atom. The monoisotopic (exact) mass is 404 g/mol. The van der Waals surface area contributed by atoms with Gasteiger partial charge in [-0.05, 0) is 51.3 Å². The Morgan fingerprint density at radius 3 is 2.75 bits per heavy atom. The number of hydrogen-bond acceptors (Lipinski definition) is 3. The zero-order valence-corrected chi connectivity index (χ0v) is 17.5. The predicted octanol–water partition coefficient (Wildman–Crippen LogP) is 3.91. The number of carbonyl (C=O) groups excluding carboxylic acids is 2. The normalized spacial score (nSPS) is 21.9. The number of halogens is 1. The van der Waals surface area contributed by atoms with Crippen LogP contribution in [0.25, 0.3) is 11.0 Å². The van der Waals surface area contributed by atoms with E-state index in [1.807, 2.05) is 32.0 Å². The number of aromatic amines is 1. The fourth-order valence-electron chi connectivity index (χ4n) is 3.81. The van der Waals surface area contributed by atoms with Crippen LogP contribution < -0.4 is 10.6 Å². The van der Waals surface area contributed by atoms with Gasteiger partial charge in [-0.15, -0.1) is 0 Å². The summed E-state index contributed by atoms with van der Waals surface area (Å²) < 4.78 is 0. The summed E-state index contributed by atoms with van der Waals surface area (Å²) in [5.41, 5.74) is 1.74. The molecule has 6 nitrogen and oxygen atoms in total. The maximum Gasteiger partial charge on any atom is 0.242 e. The Hall–Kier alpha value is -2.08. The van der Waals surface area contributed by atoms with Crippen LogP contribution in [-0.2, 0) is 9.59 Å². The molecule has 3 N–H and O–H groups in total. The molecule has 152 valence electrons. The highest BCUT2D eigenvalue weighted by Crippen LogP contribution is 2.37. The van der Waals surface area contributed by atoms with Gasteiger partial charge in [0.2, 0.25) is 11.8 Å². The number of carbonyl (C=O) groups is 2. The van der Waals surface area contributed by atoms with Gasteiger partial charge in [0, 0.05) is 22.9 Å². The first-order valence-corrected chi connectivity index (χ1v) is 10.5. The second-order valence-corrected chi connectivity index (χ2v) is 8.27. The lowest BCUT2D eigenvalue weighted by Gasteiger charge is -2.30. The van der Waals surface area contributed by atoms with Gasteiger partial charge in [0.15, 0.2) is 0 Å². The van der Waals surface area contributed by atoms with E-state index in [0.29, 0.717) is 5.02 Å². The molecule has 2 aromatic rings. The van der Waals surface area contributed by atoms with Crippen LogP contribution in [0, 0.1) is 5.92 Å². The molecule has 4 unspecified atom stereocenters. The lowest BCUT2D eigenvalue weighted by molar-refractivity contribution is -0.132. The van der Waals surface area contributed by atoms with Crippen LogP contribution in [0.3, 0.4) is 0 Å². The van der Waals surface area contributed by atoms with E-state index in [9.17, 15) is 9.59 Å². The summed E-state index contributed by atoms with van der Waals surface area (Å²) in [5, 5.41) is 6.48. The molecule has 1 aliphatic rings. The molecule has 4 atom stereocenters. The molecule has 0 spiro atoms. The molecule has 3 rings (SSSR count). The Bertz CT molecular complexity index is 850. The number of rotatable bonds is 6. The quantitative estimate of drug-likeness (QED) is 0.682. The molecular formula is C21H29ClN4O2. The maximum absolute atomic E-state index is 13.0. The number of fused-ring (bicyclic) bond motifs is 1. The zero-order chi connectivity index (χ0) is 20.3. The van der Waals surface area contributed by atoms with E-state index in [-0.39, 0.29) is 29.7 Å². The van der Waals surface area contributed by atoms with Gasteiger partial charge < -0.3 is 15.6 Å². The maximum atomic E-state index is 13.0. The summed E-state index contributed by atoms with van der Waals surface area (Å²) in [5.74, 6) is 0.436. The second-order valence-electron chi connectivity index (χ2n) is 7.83. The van der Waals surface area contributed by atoms with Crippen molar-refractivity contribution in [2.24, 2.45) is 5.92 Å². The van der Waals surface area contributed by atoms with E-state index in [1.165, 1.54) is 0 Å². The van der Waals surface area contributed by atoms with Crippen molar-refractivity contribution in [3.8, 4) is 0 Å². The van der Waals surface area contributed by atoms with Gasteiger partial charge in [-0.1, -0.05) is 31.4 Å². The fourth-order valence-corrected chi connectivity index (χ4v) is 3.98. The summed E-state index contributed by atoms with van der Waals surface area (Å²) in [7, 11) is 0. The van der Waals surface area contributed by atoms with Crippen LogP contribution in [0.1, 0.15) is 64.6 Å². The molecule has 0 bridgehead atoms. The van der Waals surface area contributed by atoms with Crippen molar-refractivity contribution in [1.82, 2.24) is 20.6 Å². The van der Waals surface area contributed by atoms with E-state index in [0.717, 1.165) is 49.0 Å². The number of benzene rings is 1. The molecule has 2 amide bonds. The van der Waals surface area contributed by atoms with Crippen molar-refractivity contribution < 1.29 is 9.59 Å². The Kier molecular flexibility index (Phi) is 6.60. The molecule has 1 aromatic heterocycles. The Labute approximate surface area is 170 Å². The average molecular weight is 405 g/mol. The van der Waals surface area contributed by atoms with Crippen LogP contribution in [0.5, 0.6) is 0 Å². The topological polar surface area (TPSA) is 86.9 Å². The van der Waals surface area contributed by atoms with E-state index in [2.05, 4.69) is 15.6 Å². The standard InChI is InChI=1S/C21H29ClN4O2/c1-4-12(2)23-20(27)13(3)24-21(28)16-8-6-5-7-15(16)19-25-17-10-9-14(22)11-18(17)26-19/h9-13,15-16H,4-8H2,1-3H3,(H,23,27)(H,24,28)(H,25,26). The SMILES string of the molecule is CCC(C)NC(=O)C(C)NC(=O)C1CCCCC1c1nc2ccc(Cl)cc2[nH]1. The van der Waals surface area contributed by atoms with Gasteiger partial charge in [-0.3, -0.25) is 9.59 Å². The number of amides is 2. The molecule has 1 saturated carbocycles. The lowest BCUT2D eigenvalue weighted by atomic mass is 9.78. The van der Waals surface area contributed by atoms with E-state index in [4.69, 9.17) is 16.6 Å². The number of nitrogens with zero attached hydrogens (tertiary/aromatic N) is 1. The highest BCUT2D eigenvalue weighted by molar-refractivity contribution is 6.31. The lowest BCUT2D eigenvalue weighted by Crippen LogP contribution is -2.49. The molecule has 1 fully saturated rings. The molecule has 1 heterocycles. The number of hydrogen-bond donors (Lipinski definition) is 3. The van der Waals surface area contributed by atoms with Crippen molar-refractivity contribution in [1.29, 1.82) is 0 Å². The summed E-state index contributed by atoms with van der Waals surface area (Å²) >= 11 is 6.08. The van der Waals surface area contributed by atoms with Gasteiger partial charge in [-0.25, -0.2) is 4.98 Å². The minimum absolute atomic E-state index is 0.0183. The average Bonchev–Trinajstić information content (AvgIpc) is 3.10. The first-order valence-electron chi connectivity index (χ1n) is 10.1. The zero-order valence-electron chi connectivity index (χ0n) is 16.7. The molecular weight excluding hydrogens is 376 g/mol. The summed E-state index contributed by atoms with van der Waals surface area (Å²) in [6.07, 6.45) is 4.63. The van der Waals surface area contributed by atoms with Gasteiger partial charge in [0.25, 0.3) is 0 Å². The first-order chi connectivity index (χ1) is 13.4. The molecule has 0 aliphatic heterocycles. The molecule has 7 heteroatoms. The van der Waals surface area contributed by atoms with Crippen molar-refractivity contribution in [2.45, 2.75) is 70.9 Å². The van der Waals surface area contributed by atoms with Crippen LogP contribution in [0.4, 0.5) is 0 Å². The number of H-pyrrole nitrogens is 1. The predicted molar refractivity (Wildman–Crippen MR) is 111 cm³/mol. The van der Waals surface area contributed by atoms with Crippen molar-refractivity contribution in [3.63, 3.8) is 0 Å². The van der Waals surface area contributed by atoms with E-state index >= 15 is 0 Å². The van der Waals surface area contributed by atoms with E-state index in [1.54, 1.807) is 6.92 Å². The minimum Gasteiger partial charge on any atom is -0.352 e. The van der Waals surface area contributed by atoms with Crippen LogP contribution in [0.2, 0.25) is 5.02 Å². The van der Waals surface area contributed by atoms with Crippen molar-refractivity contribution in [2.75, 3.05) is 0 Å². The highest BCUT2D eigenvalue weighted by Gasteiger charge is 2.35. The number of aromatic nitrogens is 2. The molecule has 1 aromatic carbocycles. The fraction of sp³-hybridized carbons (Fsp3) is 0.571. The van der Waals surface area contributed by atoms with Crippen molar-refractivity contribution in [3.05, 3.63) is 29.0 Å². The third-order valence-corrected chi connectivity index (χ3v) is 5.90. The van der Waals surface area contributed by atoms with Crippen LogP contribution >= 0.6 is 11.6 Å². The van der Waals surface area contributed by atoms with Crippen molar-refractivity contribution >= 4 is 34.4 Å². The van der Waals surface area contributed by atoms with Crippen LogP contribution in [0.15, 0.2) is 18.2 Å². The molecule has 0 radical (unpaired) electrons. The summed E-state index contributed by atoms with van der Waals surface area (Å²) in [4.78, 5) is 33.3. The molecule has 28 heavy (non-hydrogen) atoms. The van der Waals surface area contributed by atoms with Gasteiger partial charge in [0.1, 0.15) is 11.9 Å². The van der Waals surface area contributed by atoms with Gasteiger partial charge >= 0.3 is 0 Å². The van der Waals surface area contributed by atoms with Gasteiger partial charge in [0.05, 0.1) is 11.0 Å². The smallest absolute Gasteiger partial charge is 0.242 e. The second kappa shape index (κ2) is 8.95. The summed E-state index contributed by atoms with van der Waals surface area (Å²) in [6.45, 7) is 5.70. The Balaban J connectivity index is 1.73. The van der Waals surface area contributed by atoms with Crippen LogP contribution in [-0.4, -0.2) is 33.9 Å². The molecule has 0 saturated heterocycles. The number of nitrogens with one attached hydrogen (secondary N) is 3. The minimum atomic E-state index is -0.557.